The van der Waals surface area contributed by atoms with Crippen LogP contribution in [0.4, 0.5) is 22.0 Å². The zero-order valence-electron chi connectivity index (χ0n) is 13.6. The molecule has 0 N–H and O–H groups in total. The summed E-state index contributed by atoms with van der Waals surface area (Å²) in [6.45, 7) is 3.33. The van der Waals surface area contributed by atoms with Crippen LogP contribution in [0.1, 0.15) is 41.4 Å². The Morgan fingerprint density at radius 3 is 2.36 bits per heavy atom. The highest BCUT2D eigenvalue weighted by molar-refractivity contribution is 5.94. The Labute approximate surface area is 141 Å². The number of nitrogens with zero attached hydrogens (tertiary/aromatic N) is 1. The first kappa shape index (κ1) is 18.9. The number of hydrogen-bond acceptors (Lipinski definition) is 1. The molecular weight excluding hydrogens is 341 g/mol. The van der Waals surface area contributed by atoms with Crippen LogP contribution in [-0.4, -0.2) is 17.4 Å². The molecule has 0 radical (unpaired) electrons. The van der Waals surface area contributed by atoms with Gasteiger partial charge in [0, 0.05) is 12.6 Å². The highest BCUT2D eigenvalue weighted by Crippen LogP contribution is 2.32. The molecule has 0 aliphatic rings. The Kier molecular flexibility index (Phi) is 5.45. The summed E-state index contributed by atoms with van der Waals surface area (Å²) in [7, 11) is 0. The van der Waals surface area contributed by atoms with Crippen molar-refractivity contribution >= 4 is 5.91 Å². The van der Waals surface area contributed by atoms with Gasteiger partial charge in [-0.3, -0.25) is 4.79 Å². The van der Waals surface area contributed by atoms with Crippen LogP contribution in [-0.2, 0) is 6.18 Å². The standard InChI is InChI=1S/C18H16F5NO/c1-3-24(17(25)15-8-7-14(19)10-16(15)20)11(2)12-5-4-6-13(9-12)18(21,22)23/h4-11H,3H2,1-2H3. The number of halogens is 5. The Balaban J connectivity index is 2.35. The van der Waals surface area contributed by atoms with Crippen LogP contribution in [0.3, 0.4) is 0 Å². The fourth-order valence-electron chi connectivity index (χ4n) is 2.57. The second-order valence-corrected chi connectivity index (χ2v) is 5.51. The van der Waals surface area contributed by atoms with E-state index in [-0.39, 0.29) is 17.7 Å². The van der Waals surface area contributed by atoms with Gasteiger partial charge in [-0.1, -0.05) is 12.1 Å². The maximum Gasteiger partial charge on any atom is 0.416 e. The van der Waals surface area contributed by atoms with E-state index in [1.807, 2.05) is 0 Å². The molecule has 7 heteroatoms. The molecule has 1 atom stereocenters. The van der Waals surface area contributed by atoms with E-state index in [4.69, 9.17) is 0 Å². The van der Waals surface area contributed by atoms with Crippen LogP contribution < -0.4 is 0 Å². The van der Waals surface area contributed by atoms with Crippen LogP contribution in [0, 0.1) is 11.6 Å². The number of carbonyl (C=O) groups excluding carboxylic acids is 1. The van der Waals surface area contributed by atoms with Gasteiger partial charge in [-0.05, 0) is 43.7 Å². The van der Waals surface area contributed by atoms with Crippen molar-refractivity contribution in [3.05, 3.63) is 70.8 Å². The second kappa shape index (κ2) is 7.21. The van der Waals surface area contributed by atoms with E-state index >= 15 is 0 Å². The molecule has 2 nitrogen and oxygen atoms in total. The van der Waals surface area contributed by atoms with Crippen molar-refractivity contribution < 1.29 is 26.7 Å². The quantitative estimate of drug-likeness (QED) is 0.688. The Hall–Kier alpha value is -2.44. The van der Waals surface area contributed by atoms with Crippen molar-refractivity contribution in [1.82, 2.24) is 4.90 Å². The van der Waals surface area contributed by atoms with Crippen LogP contribution in [0.25, 0.3) is 0 Å². The van der Waals surface area contributed by atoms with Gasteiger partial charge in [0.2, 0.25) is 0 Å². The molecule has 0 fully saturated rings. The first-order valence-electron chi connectivity index (χ1n) is 7.58. The molecular formula is C18H16F5NO. The predicted molar refractivity (Wildman–Crippen MR) is 82.9 cm³/mol. The summed E-state index contributed by atoms with van der Waals surface area (Å²) < 4.78 is 65.4. The third-order valence-corrected chi connectivity index (χ3v) is 3.93. The average Bonchev–Trinajstić information content (AvgIpc) is 2.54. The Morgan fingerprint density at radius 1 is 1.12 bits per heavy atom. The maximum atomic E-state index is 13.8. The van der Waals surface area contributed by atoms with Crippen molar-refractivity contribution in [1.29, 1.82) is 0 Å². The minimum absolute atomic E-state index is 0.146. The zero-order chi connectivity index (χ0) is 18.8. The Morgan fingerprint density at radius 2 is 1.80 bits per heavy atom. The lowest BCUT2D eigenvalue weighted by Gasteiger charge is -2.29. The molecule has 0 saturated carbocycles. The smallest absolute Gasteiger partial charge is 0.332 e. The van der Waals surface area contributed by atoms with Crippen LogP contribution >= 0.6 is 0 Å². The summed E-state index contributed by atoms with van der Waals surface area (Å²) in [6.07, 6.45) is -4.50. The van der Waals surface area contributed by atoms with E-state index in [1.165, 1.54) is 17.0 Å². The SMILES string of the molecule is CCN(C(=O)c1ccc(F)cc1F)C(C)c1cccc(C(F)(F)F)c1. The van der Waals surface area contributed by atoms with Crippen LogP contribution in [0.15, 0.2) is 42.5 Å². The molecule has 134 valence electrons. The van der Waals surface area contributed by atoms with E-state index in [9.17, 15) is 26.7 Å². The van der Waals surface area contributed by atoms with Crippen molar-refractivity contribution in [2.24, 2.45) is 0 Å². The largest absolute Gasteiger partial charge is 0.416 e. The van der Waals surface area contributed by atoms with Crippen molar-refractivity contribution in [3.8, 4) is 0 Å². The summed E-state index contributed by atoms with van der Waals surface area (Å²) in [4.78, 5) is 13.8. The van der Waals surface area contributed by atoms with Gasteiger partial charge >= 0.3 is 6.18 Å². The summed E-state index contributed by atoms with van der Waals surface area (Å²) in [5, 5.41) is 0. The molecule has 2 rings (SSSR count). The fourth-order valence-corrected chi connectivity index (χ4v) is 2.57. The number of benzene rings is 2. The van der Waals surface area contributed by atoms with Crippen molar-refractivity contribution in [2.75, 3.05) is 6.54 Å². The van der Waals surface area contributed by atoms with Gasteiger partial charge in [0.25, 0.3) is 5.91 Å². The monoisotopic (exact) mass is 357 g/mol. The molecule has 0 saturated heterocycles. The highest BCUT2D eigenvalue weighted by atomic mass is 19.4. The van der Waals surface area contributed by atoms with Crippen molar-refractivity contribution in [2.45, 2.75) is 26.1 Å². The molecule has 0 aromatic heterocycles. The fraction of sp³-hybridized carbons (Fsp3) is 0.278. The van der Waals surface area contributed by atoms with Gasteiger partial charge in [0.15, 0.2) is 0 Å². The summed E-state index contributed by atoms with van der Waals surface area (Å²) in [6, 6.07) is 6.48. The summed E-state index contributed by atoms with van der Waals surface area (Å²) >= 11 is 0. The molecule has 0 aliphatic carbocycles. The lowest BCUT2D eigenvalue weighted by atomic mass is 10.0. The second-order valence-electron chi connectivity index (χ2n) is 5.51. The summed E-state index contributed by atoms with van der Waals surface area (Å²) in [5.74, 6) is -2.55. The lowest BCUT2D eigenvalue weighted by Crippen LogP contribution is -2.34. The van der Waals surface area contributed by atoms with Gasteiger partial charge < -0.3 is 4.90 Å². The minimum atomic E-state index is -4.50. The molecule has 0 bridgehead atoms. The molecule has 1 amide bonds. The first-order valence-corrected chi connectivity index (χ1v) is 7.58. The van der Waals surface area contributed by atoms with Gasteiger partial charge in [0.05, 0.1) is 17.2 Å². The Bertz CT molecular complexity index is 772. The van der Waals surface area contributed by atoms with E-state index in [2.05, 4.69) is 0 Å². The molecule has 2 aromatic rings. The van der Waals surface area contributed by atoms with Crippen LogP contribution in [0.2, 0.25) is 0 Å². The molecule has 2 aromatic carbocycles. The molecule has 0 spiro atoms. The average molecular weight is 357 g/mol. The van der Waals surface area contributed by atoms with Gasteiger partial charge in [-0.25, -0.2) is 8.78 Å². The van der Waals surface area contributed by atoms with Crippen LogP contribution in [0.5, 0.6) is 0 Å². The van der Waals surface area contributed by atoms with Gasteiger partial charge in [0.1, 0.15) is 11.6 Å². The minimum Gasteiger partial charge on any atom is -0.332 e. The van der Waals surface area contributed by atoms with Gasteiger partial charge in [-0.2, -0.15) is 13.2 Å². The molecule has 1 unspecified atom stereocenters. The summed E-state index contributed by atoms with van der Waals surface area (Å²) in [5.41, 5.74) is -0.886. The molecule has 0 aliphatic heterocycles. The molecule has 25 heavy (non-hydrogen) atoms. The number of hydrogen-bond donors (Lipinski definition) is 0. The number of alkyl halides is 3. The molecule has 0 heterocycles. The van der Waals surface area contributed by atoms with E-state index in [1.54, 1.807) is 13.8 Å². The van der Waals surface area contributed by atoms with Gasteiger partial charge in [-0.15, -0.1) is 0 Å². The topological polar surface area (TPSA) is 20.3 Å². The number of rotatable bonds is 4. The number of carbonyl (C=O) groups is 1. The van der Waals surface area contributed by atoms with Crippen molar-refractivity contribution in [3.63, 3.8) is 0 Å². The third-order valence-electron chi connectivity index (χ3n) is 3.93. The lowest BCUT2D eigenvalue weighted by molar-refractivity contribution is -0.137. The normalized spacial score (nSPS) is 12.8. The zero-order valence-corrected chi connectivity index (χ0v) is 13.6. The highest BCUT2D eigenvalue weighted by Gasteiger charge is 2.31. The first-order chi connectivity index (χ1) is 11.6. The van der Waals surface area contributed by atoms with E-state index < -0.39 is 35.3 Å². The predicted octanol–water partition coefficient (Wildman–Crippen LogP) is 5.21. The maximum absolute atomic E-state index is 13.8. The number of amides is 1. The third kappa shape index (κ3) is 4.15. The van der Waals surface area contributed by atoms with E-state index in [0.29, 0.717) is 6.07 Å². The van der Waals surface area contributed by atoms with E-state index in [0.717, 1.165) is 24.3 Å².